The number of halogens is 3. The minimum Gasteiger partial charge on any atom is -0.481 e. The van der Waals surface area contributed by atoms with E-state index in [1.807, 2.05) is 0 Å². The minimum atomic E-state index is -2.79. The maximum Gasteiger partial charge on any atom is 0.264 e. The molecule has 0 aliphatic carbocycles. The highest BCUT2D eigenvalue weighted by atomic mass is 35.5. The van der Waals surface area contributed by atoms with Gasteiger partial charge in [0.15, 0.2) is 0 Å². The van der Waals surface area contributed by atoms with Gasteiger partial charge in [0.25, 0.3) is 11.7 Å². The molecular formula is C8H6ClF2NO2. The number of hydrogen-bond donors (Lipinski definition) is 0. The summed E-state index contributed by atoms with van der Waals surface area (Å²) in [6.45, 7) is 0. The Labute approximate surface area is 83.7 Å². The maximum absolute atomic E-state index is 12.4. The molecule has 1 rings (SSSR count). The average molecular weight is 222 g/mol. The van der Waals surface area contributed by atoms with E-state index in [4.69, 9.17) is 11.6 Å². The summed E-state index contributed by atoms with van der Waals surface area (Å²) in [7, 11) is 1.29. The van der Waals surface area contributed by atoms with Gasteiger partial charge in [0, 0.05) is 17.8 Å². The lowest BCUT2D eigenvalue weighted by molar-refractivity contribution is 0.106. The number of alkyl halides is 2. The van der Waals surface area contributed by atoms with Crippen LogP contribution in [0.4, 0.5) is 8.78 Å². The number of pyridine rings is 1. The Kier molecular flexibility index (Phi) is 3.35. The van der Waals surface area contributed by atoms with Crippen LogP contribution in [0.5, 0.6) is 5.88 Å². The van der Waals surface area contributed by atoms with Crippen LogP contribution in [0.3, 0.4) is 0 Å². The first-order valence-electron chi connectivity index (χ1n) is 3.58. The van der Waals surface area contributed by atoms with Crippen LogP contribution < -0.4 is 4.74 Å². The number of rotatable bonds is 3. The number of ether oxygens (including phenoxy) is 1. The first kappa shape index (κ1) is 10.8. The quantitative estimate of drug-likeness (QED) is 0.736. The Bertz CT molecular complexity index is 357. The monoisotopic (exact) mass is 221 g/mol. The minimum absolute atomic E-state index is 0.0157. The van der Waals surface area contributed by atoms with E-state index in [0.29, 0.717) is 0 Å². The normalized spacial score (nSPS) is 10.4. The van der Waals surface area contributed by atoms with Gasteiger partial charge in [-0.3, -0.25) is 4.79 Å². The summed E-state index contributed by atoms with van der Waals surface area (Å²) >= 11 is 5.09. The van der Waals surface area contributed by atoms with Gasteiger partial charge in [-0.2, -0.15) is 0 Å². The molecule has 0 saturated heterocycles. The summed E-state index contributed by atoms with van der Waals surface area (Å²) in [6, 6.07) is 0.986. The molecule has 0 spiro atoms. The van der Waals surface area contributed by atoms with Crippen molar-refractivity contribution in [2.45, 2.75) is 6.43 Å². The molecule has 14 heavy (non-hydrogen) atoms. The van der Waals surface area contributed by atoms with E-state index < -0.39 is 17.2 Å². The molecule has 3 nitrogen and oxygen atoms in total. The van der Waals surface area contributed by atoms with E-state index in [2.05, 4.69) is 9.72 Å². The van der Waals surface area contributed by atoms with Crippen molar-refractivity contribution < 1.29 is 18.3 Å². The van der Waals surface area contributed by atoms with Gasteiger partial charge in [-0.25, -0.2) is 13.8 Å². The van der Waals surface area contributed by atoms with Crippen molar-refractivity contribution in [3.8, 4) is 5.88 Å². The second-order valence-corrected chi connectivity index (χ2v) is 2.73. The average Bonchev–Trinajstić information content (AvgIpc) is 2.16. The molecule has 0 fully saturated rings. The van der Waals surface area contributed by atoms with E-state index in [1.54, 1.807) is 0 Å². The summed E-state index contributed by atoms with van der Waals surface area (Å²) in [5, 5.41) is -0.963. The Morgan fingerprint density at radius 1 is 1.64 bits per heavy atom. The van der Waals surface area contributed by atoms with Crippen LogP contribution in [-0.4, -0.2) is 17.3 Å². The van der Waals surface area contributed by atoms with Gasteiger partial charge in [-0.05, 0) is 11.6 Å². The van der Waals surface area contributed by atoms with Crippen molar-refractivity contribution in [2.24, 2.45) is 0 Å². The molecular weight excluding hydrogens is 216 g/mol. The van der Waals surface area contributed by atoms with Crippen LogP contribution in [0.2, 0.25) is 0 Å². The van der Waals surface area contributed by atoms with Gasteiger partial charge < -0.3 is 4.74 Å². The van der Waals surface area contributed by atoms with Crippen LogP contribution in [-0.2, 0) is 0 Å². The first-order chi connectivity index (χ1) is 6.56. The Morgan fingerprint density at radius 3 is 2.71 bits per heavy atom. The second-order valence-electron chi connectivity index (χ2n) is 2.39. The predicted molar refractivity (Wildman–Crippen MR) is 45.9 cm³/mol. The molecule has 0 saturated carbocycles. The molecule has 0 aliphatic heterocycles. The van der Waals surface area contributed by atoms with Gasteiger partial charge in [0.05, 0.1) is 12.7 Å². The Balaban J connectivity index is 3.24. The molecule has 0 aromatic carbocycles. The third kappa shape index (κ3) is 2.17. The van der Waals surface area contributed by atoms with Gasteiger partial charge in [0.2, 0.25) is 5.88 Å². The second kappa shape index (κ2) is 4.32. The smallest absolute Gasteiger partial charge is 0.264 e. The largest absolute Gasteiger partial charge is 0.481 e. The van der Waals surface area contributed by atoms with E-state index in [-0.39, 0.29) is 11.4 Å². The van der Waals surface area contributed by atoms with Gasteiger partial charge in [-0.1, -0.05) is 0 Å². The zero-order valence-electron chi connectivity index (χ0n) is 7.13. The molecule has 6 heteroatoms. The van der Waals surface area contributed by atoms with Crippen molar-refractivity contribution in [3.63, 3.8) is 0 Å². The standard InChI is InChI=1S/C8H6ClF2NO2/c1-14-6-2-4(8(10)11)5(3-12-6)7(9)13/h2-3,8H,1H3. The summed E-state index contributed by atoms with van der Waals surface area (Å²) < 4.78 is 29.5. The van der Waals surface area contributed by atoms with Crippen molar-refractivity contribution in [1.82, 2.24) is 4.98 Å². The van der Waals surface area contributed by atoms with Crippen molar-refractivity contribution in [2.75, 3.05) is 7.11 Å². The van der Waals surface area contributed by atoms with Crippen LogP contribution in [0.1, 0.15) is 22.3 Å². The molecule has 0 bridgehead atoms. The maximum atomic E-state index is 12.4. The summed E-state index contributed by atoms with van der Waals surface area (Å²) in [4.78, 5) is 14.3. The first-order valence-corrected chi connectivity index (χ1v) is 3.96. The fraction of sp³-hybridized carbons (Fsp3) is 0.250. The van der Waals surface area contributed by atoms with Crippen molar-refractivity contribution in [1.29, 1.82) is 0 Å². The van der Waals surface area contributed by atoms with Crippen LogP contribution >= 0.6 is 11.6 Å². The van der Waals surface area contributed by atoms with Crippen LogP contribution in [0.25, 0.3) is 0 Å². The lowest BCUT2D eigenvalue weighted by Crippen LogP contribution is -2.01. The third-order valence-corrected chi connectivity index (χ3v) is 1.77. The van der Waals surface area contributed by atoms with Crippen LogP contribution in [0, 0.1) is 0 Å². The van der Waals surface area contributed by atoms with E-state index in [0.717, 1.165) is 12.3 Å². The molecule has 76 valence electrons. The number of hydrogen-bond acceptors (Lipinski definition) is 3. The predicted octanol–water partition coefficient (Wildman–Crippen LogP) is 2.41. The lowest BCUT2D eigenvalue weighted by atomic mass is 10.1. The van der Waals surface area contributed by atoms with Crippen molar-refractivity contribution in [3.05, 3.63) is 23.4 Å². The van der Waals surface area contributed by atoms with E-state index in [1.165, 1.54) is 7.11 Å². The zero-order valence-corrected chi connectivity index (χ0v) is 7.89. The Hall–Kier alpha value is -1.23. The highest BCUT2D eigenvalue weighted by Crippen LogP contribution is 2.26. The van der Waals surface area contributed by atoms with Gasteiger partial charge >= 0.3 is 0 Å². The SMILES string of the molecule is COc1cc(C(F)F)c(C(=O)Cl)cn1. The molecule has 1 heterocycles. The zero-order chi connectivity index (χ0) is 10.7. The molecule has 1 aromatic rings. The van der Waals surface area contributed by atoms with Crippen LogP contribution in [0.15, 0.2) is 12.3 Å². The number of methoxy groups -OCH3 is 1. The topological polar surface area (TPSA) is 39.2 Å². The fourth-order valence-corrected chi connectivity index (χ4v) is 1.07. The third-order valence-electron chi connectivity index (χ3n) is 1.57. The number of carbonyl (C=O) groups is 1. The fourth-order valence-electron chi connectivity index (χ4n) is 0.907. The molecule has 0 unspecified atom stereocenters. The summed E-state index contributed by atoms with van der Waals surface area (Å²) in [5.41, 5.74) is -0.778. The van der Waals surface area contributed by atoms with Gasteiger partial charge in [-0.15, -0.1) is 0 Å². The molecule has 0 radical (unpaired) electrons. The summed E-state index contributed by atoms with van der Waals surface area (Å²) in [5.74, 6) is 0.0157. The lowest BCUT2D eigenvalue weighted by Gasteiger charge is -2.06. The van der Waals surface area contributed by atoms with Crippen molar-refractivity contribution >= 4 is 16.8 Å². The van der Waals surface area contributed by atoms with Gasteiger partial charge in [0.1, 0.15) is 0 Å². The summed E-state index contributed by atoms with van der Waals surface area (Å²) in [6.07, 6.45) is -1.82. The molecule has 0 aliphatic rings. The van der Waals surface area contributed by atoms with E-state index >= 15 is 0 Å². The molecule has 0 amide bonds. The number of nitrogens with zero attached hydrogens (tertiary/aromatic N) is 1. The highest BCUT2D eigenvalue weighted by Gasteiger charge is 2.18. The number of aromatic nitrogens is 1. The van der Waals surface area contributed by atoms with E-state index in [9.17, 15) is 13.6 Å². The molecule has 0 atom stereocenters. The Morgan fingerprint density at radius 2 is 2.29 bits per heavy atom. The highest BCUT2D eigenvalue weighted by molar-refractivity contribution is 6.67. The molecule has 1 aromatic heterocycles. The number of carbonyl (C=O) groups excluding carboxylic acids is 1. The molecule has 0 N–H and O–H groups in total.